The first-order chi connectivity index (χ1) is 32.8. The van der Waals surface area contributed by atoms with Crippen LogP contribution >= 0.6 is 0 Å². The molecule has 4 nitrogen and oxygen atoms in total. The number of benzene rings is 7. The monoisotopic (exact) mass is 935 g/mol. The highest BCUT2D eigenvalue weighted by Crippen LogP contribution is 2.56. The summed E-state index contributed by atoms with van der Waals surface area (Å²) < 4.78 is 0. The average molecular weight is 935 g/mol. The molecule has 0 fully saturated rings. The minimum Gasteiger partial charge on any atom is -0.396 e. The zero-order valence-electron chi connectivity index (χ0n) is 44.5. The molecular weight excluding hydrogens is 857 g/mol. The van der Waals surface area contributed by atoms with Crippen molar-refractivity contribution in [1.29, 1.82) is 0 Å². The second-order valence-corrected chi connectivity index (χ2v) is 23.6. The normalized spacial score (nSPS) is 14.3. The van der Waals surface area contributed by atoms with Gasteiger partial charge in [-0.2, -0.15) is 0 Å². The summed E-state index contributed by atoms with van der Waals surface area (Å²) >= 11 is 0. The van der Waals surface area contributed by atoms with Gasteiger partial charge in [0.05, 0.1) is 0 Å². The molecule has 4 N–H and O–H groups in total. The molecular formula is C66H78O4. The van der Waals surface area contributed by atoms with Gasteiger partial charge in [-0.05, 0) is 101 Å². The molecule has 0 atom stereocenters. The highest BCUT2D eigenvalue weighted by atomic mass is 16.3. The van der Waals surface area contributed by atoms with Gasteiger partial charge in [-0.25, -0.2) is 0 Å². The lowest BCUT2D eigenvalue weighted by Crippen LogP contribution is -2.28. The predicted molar refractivity (Wildman–Crippen MR) is 295 cm³/mol. The van der Waals surface area contributed by atoms with Gasteiger partial charge in [0.2, 0.25) is 0 Å². The van der Waals surface area contributed by atoms with Crippen LogP contribution in [0.2, 0.25) is 0 Å². The first kappa shape index (κ1) is 52.2. The smallest absolute Gasteiger partial charge is 0.142 e. The maximum absolute atomic E-state index is 13.6. The van der Waals surface area contributed by atoms with Crippen LogP contribution in [0.3, 0.4) is 0 Å². The third-order valence-electron chi connectivity index (χ3n) is 14.3. The van der Waals surface area contributed by atoms with E-state index in [-0.39, 0.29) is 21.7 Å². The molecule has 7 aromatic rings. The molecule has 0 saturated carbocycles. The molecule has 7 aromatic carbocycles. The van der Waals surface area contributed by atoms with Crippen LogP contribution < -0.4 is 0 Å². The second-order valence-electron chi connectivity index (χ2n) is 23.6. The third kappa shape index (κ3) is 9.61. The van der Waals surface area contributed by atoms with E-state index in [0.717, 1.165) is 90.7 Å². The lowest BCUT2D eigenvalue weighted by atomic mass is 9.76. The van der Waals surface area contributed by atoms with E-state index < -0.39 is 11.2 Å². The van der Waals surface area contributed by atoms with Crippen molar-refractivity contribution >= 4 is 0 Å². The van der Waals surface area contributed by atoms with Gasteiger partial charge < -0.3 is 20.4 Å². The van der Waals surface area contributed by atoms with E-state index in [1.54, 1.807) is 0 Å². The van der Waals surface area contributed by atoms with Gasteiger partial charge in [-0.1, -0.05) is 243 Å². The van der Waals surface area contributed by atoms with Crippen molar-refractivity contribution in [2.45, 2.75) is 143 Å². The topological polar surface area (TPSA) is 80.9 Å². The zero-order chi connectivity index (χ0) is 51.2. The van der Waals surface area contributed by atoms with Crippen LogP contribution in [0.25, 0.3) is 44.5 Å². The molecule has 2 aliphatic carbocycles. The van der Waals surface area contributed by atoms with E-state index in [1.165, 1.54) is 22.3 Å². The van der Waals surface area contributed by atoms with Crippen LogP contribution in [0, 0.1) is 0 Å². The van der Waals surface area contributed by atoms with E-state index in [4.69, 9.17) is 10.2 Å². The first-order valence-corrected chi connectivity index (χ1v) is 25.4. The molecule has 2 aliphatic rings. The summed E-state index contributed by atoms with van der Waals surface area (Å²) in [6, 6.07) is 52.1. The Kier molecular flexibility index (Phi) is 14.6. The minimum absolute atomic E-state index is 0.0908. The number of rotatable bonds is 6. The van der Waals surface area contributed by atoms with Crippen molar-refractivity contribution in [2.24, 2.45) is 0 Å². The Morgan fingerprint density at radius 2 is 0.543 bits per heavy atom. The maximum atomic E-state index is 13.6. The summed E-state index contributed by atoms with van der Waals surface area (Å²) in [4.78, 5) is 0. The van der Waals surface area contributed by atoms with Crippen LogP contribution in [0.15, 0.2) is 146 Å². The van der Waals surface area contributed by atoms with Crippen molar-refractivity contribution in [2.75, 3.05) is 13.2 Å². The van der Waals surface area contributed by atoms with Crippen molar-refractivity contribution in [3.8, 4) is 44.5 Å². The lowest BCUT2D eigenvalue weighted by molar-refractivity contribution is 0.130. The average Bonchev–Trinajstić information content (AvgIpc) is 3.74. The zero-order valence-corrected chi connectivity index (χ0v) is 44.5. The van der Waals surface area contributed by atoms with E-state index >= 15 is 0 Å². The molecule has 0 spiro atoms. The van der Waals surface area contributed by atoms with Crippen molar-refractivity contribution < 1.29 is 20.4 Å². The summed E-state index contributed by atoms with van der Waals surface area (Å²) in [7, 11) is 0. The Balaban J connectivity index is 0.000000840. The van der Waals surface area contributed by atoms with Gasteiger partial charge in [0, 0.05) is 46.6 Å². The first-order valence-electron chi connectivity index (χ1n) is 25.4. The molecule has 0 radical (unpaired) electrons. The Hall–Kier alpha value is -5.62. The van der Waals surface area contributed by atoms with Crippen molar-refractivity contribution in [3.63, 3.8) is 0 Å². The van der Waals surface area contributed by atoms with E-state index in [2.05, 4.69) is 229 Å². The van der Waals surface area contributed by atoms with E-state index in [0.29, 0.717) is 13.2 Å². The fourth-order valence-electron chi connectivity index (χ4n) is 9.98. The van der Waals surface area contributed by atoms with Crippen LogP contribution in [0.4, 0.5) is 0 Å². The number of aliphatic hydroxyl groups excluding tert-OH is 2. The second kappa shape index (κ2) is 19.5. The Labute approximate surface area is 420 Å². The van der Waals surface area contributed by atoms with Crippen LogP contribution in [0.1, 0.15) is 165 Å². The van der Waals surface area contributed by atoms with Crippen molar-refractivity contribution in [1.82, 2.24) is 0 Å². The molecule has 0 aliphatic heterocycles. The number of aliphatic hydroxyl groups is 4. The summed E-state index contributed by atoms with van der Waals surface area (Å²) in [6.45, 7) is 31.3. The maximum Gasteiger partial charge on any atom is 0.142 e. The Morgan fingerprint density at radius 1 is 0.314 bits per heavy atom. The quantitative estimate of drug-likeness (QED) is 0.134. The molecule has 0 heterocycles. The van der Waals surface area contributed by atoms with Gasteiger partial charge in [-0.15, -0.1) is 0 Å². The third-order valence-corrected chi connectivity index (χ3v) is 14.3. The number of hydrogen-bond donors (Lipinski definition) is 4. The largest absolute Gasteiger partial charge is 0.396 e. The van der Waals surface area contributed by atoms with Gasteiger partial charge in [0.25, 0.3) is 0 Å². The Bertz CT molecular complexity index is 2640. The molecule has 0 bridgehead atoms. The van der Waals surface area contributed by atoms with Crippen LogP contribution in [0.5, 0.6) is 0 Å². The van der Waals surface area contributed by atoms with E-state index in [9.17, 15) is 10.2 Å². The number of hydrogen-bond acceptors (Lipinski definition) is 4. The molecule has 0 unspecified atom stereocenters. The van der Waals surface area contributed by atoms with Crippen LogP contribution in [-0.2, 0) is 32.9 Å². The fourth-order valence-corrected chi connectivity index (χ4v) is 9.98. The highest BCUT2D eigenvalue weighted by molar-refractivity contribution is 5.88. The fraction of sp³-hybridized carbons (Fsp3) is 0.364. The molecule has 0 saturated heterocycles. The SMILES string of the molecule is CC(C)(C)c1ccc2c(c1)C(O)(c1ccccc1-c1ccc(-c3ccccc3C3(O)c4cc(C(C)(C)C)ccc4-c4ccc(C(C)(C)C)cc43)cc1)c1cc(C(C)(C)C)ccc1-2.CCCO.CCCO. The molecule has 0 amide bonds. The summed E-state index contributed by atoms with van der Waals surface area (Å²) in [5, 5.41) is 42.9. The van der Waals surface area contributed by atoms with E-state index in [1.807, 2.05) is 13.8 Å². The van der Waals surface area contributed by atoms with Crippen molar-refractivity contribution in [3.05, 3.63) is 201 Å². The van der Waals surface area contributed by atoms with Gasteiger partial charge in [-0.3, -0.25) is 0 Å². The minimum atomic E-state index is -1.38. The van der Waals surface area contributed by atoms with Gasteiger partial charge in [0.15, 0.2) is 0 Å². The Morgan fingerprint density at radius 3 is 0.757 bits per heavy atom. The lowest BCUT2D eigenvalue weighted by Gasteiger charge is -2.32. The summed E-state index contributed by atoms with van der Waals surface area (Å²) in [6.07, 6.45) is 1.75. The van der Waals surface area contributed by atoms with Crippen LogP contribution in [-0.4, -0.2) is 33.6 Å². The summed E-state index contributed by atoms with van der Waals surface area (Å²) in [5.41, 5.74) is 15.4. The molecule has 4 heteroatoms. The predicted octanol–water partition coefficient (Wildman–Crippen LogP) is 15.5. The standard InChI is InChI=1S/C60H62O2.2C3H8O/c1-55(2,3)39-25-29-45-46-30-26-40(56(4,5)6)34-52(46)59(61,51(45)33-39)49-19-15-13-17-43(49)37-21-23-38(24-22-37)44-18-14-16-20-50(44)60(62)53-35-41(57(7,8)9)27-31-47(53)48-32-28-42(36-54(48)60)58(10,11)12;2*1-2-3-4/h13-36,61-62H,1-12H3;2*4H,2-3H2,1H3. The van der Waals surface area contributed by atoms with Gasteiger partial charge in [0.1, 0.15) is 11.2 Å². The molecule has 70 heavy (non-hydrogen) atoms. The molecule has 366 valence electrons. The summed E-state index contributed by atoms with van der Waals surface area (Å²) in [5.74, 6) is 0. The number of fused-ring (bicyclic) bond motifs is 6. The highest BCUT2D eigenvalue weighted by Gasteiger charge is 2.47. The molecule has 9 rings (SSSR count). The van der Waals surface area contributed by atoms with Gasteiger partial charge >= 0.3 is 0 Å². The molecule has 0 aromatic heterocycles.